The van der Waals surface area contributed by atoms with Crippen LogP contribution >= 0.6 is 0 Å². The number of imidazole rings is 1. The summed E-state index contributed by atoms with van der Waals surface area (Å²) in [6.07, 6.45) is 6.93. The van der Waals surface area contributed by atoms with Gasteiger partial charge in [-0.2, -0.15) is 0 Å². The number of carbonyl (C=O) groups is 1. The van der Waals surface area contributed by atoms with E-state index in [0.717, 1.165) is 59.0 Å². The predicted molar refractivity (Wildman–Crippen MR) is 136 cm³/mol. The van der Waals surface area contributed by atoms with Crippen LogP contribution in [-0.4, -0.2) is 63.1 Å². The van der Waals surface area contributed by atoms with Gasteiger partial charge in [-0.25, -0.2) is 9.83 Å². The molecule has 1 amide bonds. The Morgan fingerprint density at radius 2 is 1.94 bits per heavy atom. The molecule has 174 valence electrons. The highest BCUT2D eigenvalue weighted by atomic mass is 16.2. The summed E-state index contributed by atoms with van der Waals surface area (Å²) in [4.78, 5) is 25.7. The van der Waals surface area contributed by atoms with Gasteiger partial charge in [0.2, 0.25) is 0 Å². The number of likely N-dealkylation sites (N-methyl/N-ethyl adjacent to an activating group) is 1. The number of carbonyl (C=O) groups excluding carboxylic acids is 1. The van der Waals surface area contributed by atoms with Crippen LogP contribution in [-0.2, 0) is 6.54 Å². The first kappa shape index (κ1) is 21.4. The van der Waals surface area contributed by atoms with Crippen molar-refractivity contribution in [2.24, 2.45) is 0 Å². The maximum atomic E-state index is 13.3. The van der Waals surface area contributed by atoms with Crippen molar-refractivity contribution in [3.05, 3.63) is 89.7 Å². The number of nitrogens with zero attached hydrogens (tertiary/aromatic N) is 6. The fourth-order valence-electron chi connectivity index (χ4n) is 5.20. The maximum Gasteiger partial charge on any atom is 0.253 e. The number of benzene rings is 2. The normalized spacial score (nSPS) is 16.4. The third-order valence-electron chi connectivity index (χ3n) is 7.20. The van der Waals surface area contributed by atoms with E-state index in [0.29, 0.717) is 18.3 Å². The first-order valence-electron chi connectivity index (χ1n) is 11.8. The van der Waals surface area contributed by atoms with Gasteiger partial charge in [0.1, 0.15) is 0 Å². The molecule has 2 aromatic carbocycles. The van der Waals surface area contributed by atoms with E-state index in [-0.39, 0.29) is 5.91 Å². The lowest BCUT2D eigenvalue weighted by Crippen LogP contribution is -2.34. The summed E-state index contributed by atoms with van der Waals surface area (Å²) in [6.45, 7) is 9.40. The average molecular weight is 463 g/mol. The first-order valence-corrected chi connectivity index (χ1v) is 11.8. The van der Waals surface area contributed by atoms with Crippen molar-refractivity contribution in [2.45, 2.75) is 19.0 Å². The second-order valence-corrected chi connectivity index (χ2v) is 9.52. The van der Waals surface area contributed by atoms with Crippen LogP contribution in [0.4, 0.5) is 5.69 Å². The average Bonchev–Trinajstić information content (AvgIpc) is 3.62. The van der Waals surface area contributed by atoms with Gasteiger partial charge < -0.3 is 14.4 Å². The summed E-state index contributed by atoms with van der Waals surface area (Å²) in [5.41, 5.74) is 6.66. The largest absolute Gasteiger partial charge is 0.340 e. The first-order chi connectivity index (χ1) is 17.0. The van der Waals surface area contributed by atoms with E-state index >= 15 is 0 Å². The van der Waals surface area contributed by atoms with Crippen LogP contribution in [0.3, 0.4) is 0 Å². The number of likely N-dealkylation sites (tertiary alicyclic amines) is 1. The van der Waals surface area contributed by atoms with Gasteiger partial charge in [0.25, 0.3) is 5.91 Å². The Morgan fingerprint density at radius 3 is 2.69 bits per heavy atom. The monoisotopic (exact) mass is 462 g/mol. The Balaban J connectivity index is 1.37. The molecular formula is C28H26N6O. The van der Waals surface area contributed by atoms with Crippen molar-refractivity contribution in [1.29, 1.82) is 0 Å². The van der Waals surface area contributed by atoms with E-state index in [1.54, 1.807) is 0 Å². The number of hydrogen-bond donors (Lipinski definition) is 0. The van der Waals surface area contributed by atoms with Crippen molar-refractivity contribution >= 4 is 11.6 Å². The standard InChI is InChI=1S/C28H26N6O/c1-29-23-7-4-19(5-8-23)21-15-26-27-30-11-13-34(27)25-9-6-20(14-22(25)17-33(26)16-21)28(35)32-12-10-24(18-32)31(2)3/h4-9,11,13-16,24H,10,12,17-18H2,2-3H3. The van der Waals surface area contributed by atoms with Gasteiger partial charge in [-0.1, -0.05) is 24.3 Å². The van der Waals surface area contributed by atoms with Crippen molar-refractivity contribution in [3.8, 4) is 28.3 Å². The van der Waals surface area contributed by atoms with Gasteiger partial charge in [-0.3, -0.25) is 9.36 Å². The lowest BCUT2D eigenvalue weighted by Gasteiger charge is -2.21. The van der Waals surface area contributed by atoms with Crippen molar-refractivity contribution < 1.29 is 4.79 Å². The zero-order valence-electron chi connectivity index (χ0n) is 19.8. The summed E-state index contributed by atoms with van der Waals surface area (Å²) in [5, 5.41) is 0. The Labute approximate surface area is 204 Å². The molecule has 2 aliphatic heterocycles. The molecule has 35 heavy (non-hydrogen) atoms. The van der Waals surface area contributed by atoms with Crippen LogP contribution in [0.15, 0.2) is 67.1 Å². The fourth-order valence-corrected chi connectivity index (χ4v) is 5.20. The van der Waals surface area contributed by atoms with Crippen LogP contribution in [0, 0.1) is 6.57 Å². The van der Waals surface area contributed by atoms with Gasteiger partial charge in [0, 0.05) is 55.4 Å². The second kappa shape index (κ2) is 8.26. The number of aromatic nitrogens is 3. The van der Waals surface area contributed by atoms with E-state index in [9.17, 15) is 4.79 Å². The van der Waals surface area contributed by atoms with E-state index in [2.05, 4.69) is 50.2 Å². The Kier molecular flexibility index (Phi) is 5.05. The van der Waals surface area contributed by atoms with E-state index < -0.39 is 0 Å². The number of hydrogen-bond acceptors (Lipinski definition) is 3. The number of amides is 1. The van der Waals surface area contributed by atoms with E-state index in [1.807, 2.05) is 59.8 Å². The molecule has 0 spiro atoms. The molecule has 1 unspecified atom stereocenters. The molecular weight excluding hydrogens is 436 g/mol. The molecule has 7 nitrogen and oxygen atoms in total. The third kappa shape index (κ3) is 3.63. The third-order valence-corrected chi connectivity index (χ3v) is 7.20. The Bertz CT molecular complexity index is 1470. The van der Waals surface area contributed by atoms with Crippen LogP contribution in [0.5, 0.6) is 0 Å². The van der Waals surface area contributed by atoms with Gasteiger partial charge in [-0.15, -0.1) is 0 Å². The Hall–Kier alpha value is -4.15. The SMILES string of the molecule is [C-]#[N+]c1ccc(-c2cc3n(c2)Cc2cc(C(=O)N4CCC(N(C)C)C4)ccc2-n2ccnc2-3)cc1. The minimum atomic E-state index is 0.0977. The molecule has 6 rings (SSSR count). The molecule has 0 saturated carbocycles. The second-order valence-electron chi connectivity index (χ2n) is 9.52. The molecule has 0 radical (unpaired) electrons. The van der Waals surface area contributed by atoms with Crippen LogP contribution in [0.1, 0.15) is 22.3 Å². The predicted octanol–water partition coefficient (Wildman–Crippen LogP) is 4.70. The summed E-state index contributed by atoms with van der Waals surface area (Å²) in [6, 6.07) is 16.3. The van der Waals surface area contributed by atoms with Crippen LogP contribution in [0.2, 0.25) is 0 Å². The molecule has 1 saturated heterocycles. The molecule has 1 atom stereocenters. The molecule has 7 heteroatoms. The van der Waals surface area contributed by atoms with Gasteiger partial charge in [-0.05, 0) is 55.9 Å². The van der Waals surface area contributed by atoms with Gasteiger partial charge in [0.05, 0.1) is 18.0 Å². The highest BCUT2D eigenvalue weighted by Gasteiger charge is 2.29. The molecule has 2 aromatic heterocycles. The molecule has 0 N–H and O–H groups in total. The minimum Gasteiger partial charge on any atom is -0.340 e. The van der Waals surface area contributed by atoms with Crippen molar-refractivity contribution in [3.63, 3.8) is 0 Å². The zero-order valence-corrected chi connectivity index (χ0v) is 19.8. The summed E-state index contributed by atoms with van der Waals surface area (Å²) in [7, 11) is 4.15. The highest BCUT2D eigenvalue weighted by Crippen LogP contribution is 2.35. The van der Waals surface area contributed by atoms with Crippen molar-refractivity contribution in [2.75, 3.05) is 27.2 Å². The minimum absolute atomic E-state index is 0.0977. The highest BCUT2D eigenvalue weighted by molar-refractivity contribution is 5.95. The Morgan fingerprint density at radius 1 is 1.11 bits per heavy atom. The summed E-state index contributed by atoms with van der Waals surface area (Å²) < 4.78 is 4.31. The van der Waals surface area contributed by atoms with Gasteiger partial charge >= 0.3 is 0 Å². The van der Waals surface area contributed by atoms with Gasteiger partial charge in [0.15, 0.2) is 11.5 Å². The quantitative estimate of drug-likeness (QED) is 0.365. The number of rotatable bonds is 3. The van der Waals surface area contributed by atoms with Crippen LogP contribution < -0.4 is 0 Å². The van der Waals surface area contributed by atoms with Crippen LogP contribution in [0.25, 0.3) is 33.2 Å². The molecule has 4 aromatic rings. The maximum absolute atomic E-state index is 13.3. The summed E-state index contributed by atoms with van der Waals surface area (Å²) in [5.74, 6) is 0.973. The molecule has 2 aliphatic rings. The smallest absolute Gasteiger partial charge is 0.253 e. The van der Waals surface area contributed by atoms with E-state index in [4.69, 9.17) is 6.57 Å². The summed E-state index contributed by atoms with van der Waals surface area (Å²) >= 11 is 0. The zero-order chi connectivity index (χ0) is 24.1. The molecule has 0 aliphatic carbocycles. The molecule has 4 heterocycles. The lowest BCUT2D eigenvalue weighted by molar-refractivity contribution is 0.0783. The topological polar surface area (TPSA) is 50.7 Å². The van der Waals surface area contributed by atoms with E-state index in [1.165, 1.54) is 0 Å². The lowest BCUT2D eigenvalue weighted by atomic mass is 10.1. The van der Waals surface area contributed by atoms with Crippen molar-refractivity contribution in [1.82, 2.24) is 23.9 Å². The number of fused-ring (bicyclic) bond motifs is 5. The molecule has 1 fully saturated rings. The molecule has 0 bridgehead atoms. The fraction of sp³-hybridized carbons (Fsp3) is 0.250.